The summed E-state index contributed by atoms with van der Waals surface area (Å²) >= 11 is 0. The number of hydrogen-bond donors (Lipinski definition) is 1. The van der Waals surface area contributed by atoms with Gasteiger partial charge in [-0.25, -0.2) is 9.67 Å². The van der Waals surface area contributed by atoms with Crippen molar-refractivity contribution < 1.29 is 0 Å². The second-order valence-corrected chi connectivity index (χ2v) is 5.41. The summed E-state index contributed by atoms with van der Waals surface area (Å²) in [6, 6.07) is 8.77. The number of hydrogen-bond acceptors (Lipinski definition) is 4. The van der Waals surface area contributed by atoms with Crippen molar-refractivity contribution in [3.63, 3.8) is 0 Å². The smallest absolute Gasteiger partial charge is 0.141 e. The molecule has 0 saturated heterocycles. The van der Waals surface area contributed by atoms with Gasteiger partial charge in [-0.2, -0.15) is 5.10 Å². The van der Waals surface area contributed by atoms with Crippen LogP contribution in [0.3, 0.4) is 0 Å². The Labute approximate surface area is 120 Å². The van der Waals surface area contributed by atoms with Crippen molar-refractivity contribution in [2.24, 2.45) is 5.73 Å². The van der Waals surface area contributed by atoms with E-state index in [-0.39, 0.29) is 0 Å². The summed E-state index contributed by atoms with van der Waals surface area (Å²) in [5.74, 6) is 1.00. The van der Waals surface area contributed by atoms with Crippen molar-refractivity contribution in [1.29, 1.82) is 0 Å². The highest BCUT2D eigenvalue weighted by molar-refractivity contribution is 5.22. The lowest BCUT2D eigenvalue weighted by atomic mass is 10.1. The zero-order chi connectivity index (χ0) is 14.5. The number of nitrogens with two attached hydrogens (primary N) is 1. The molecule has 0 spiro atoms. The van der Waals surface area contributed by atoms with Gasteiger partial charge < -0.3 is 5.73 Å². The zero-order valence-corrected chi connectivity index (χ0v) is 12.5. The normalized spacial score (nSPS) is 11.5. The molecule has 0 atom stereocenters. The molecule has 2 rings (SSSR count). The molecule has 0 unspecified atom stereocenters. The van der Waals surface area contributed by atoms with E-state index in [1.54, 1.807) is 6.33 Å². The van der Waals surface area contributed by atoms with E-state index in [0.29, 0.717) is 12.6 Å². The monoisotopic (exact) mass is 273 g/mol. The standard InChI is InChI=1S/C15H23N5/c1-12(2)20-15(17-11-18-20)10-19(3)9-14-6-4-13(8-16)5-7-14/h4-7,11-12H,8-10,16H2,1-3H3. The van der Waals surface area contributed by atoms with Crippen LogP contribution in [-0.4, -0.2) is 26.7 Å². The van der Waals surface area contributed by atoms with Crippen LogP contribution in [-0.2, 0) is 19.6 Å². The molecule has 0 fully saturated rings. The van der Waals surface area contributed by atoms with Crippen LogP contribution in [0.1, 0.15) is 36.8 Å². The van der Waals surface area contributed by atoms with E-state index >= 15 is 0 Å². The van der Waals surface area contributed by atoms with E-state index in [0.717, 1.165) is 24.5 Å². The number of nitrogens with zero attached hydrogens (tertiary/aromatic N) is 4. The van der Waals surface area contributed by atoms with Gasteiger partial charge in [0.15, 0.2) is 0 Å². The Morgan fingerprint density at radius 2 is 1.80 bits per heavy atom. The highest BCUT2D eigenvalue weighted by Crippen LogP contribution is 2.10. The second kappa shape index (κ2) is 6.63. The van der Waals surface area contributed by atoms with Crippen LogP contribution < -0.4 is 5.73 Å². The largest absolute Gasteiger partial charge is 0.326 e. The topological polar surface area (TPSA) is 60.0 Å². The second-order valence-electron chi connectivity index (χ2n) is 5.41. The molecule has 5 heteroatoms. The first kappa shape index (κ1) is 14.7. The maximum absolute atomic E-state index is 5.61. The van der Waals surface area contributed by atoms with Gasteiger partial charge in [0.1, 0.15) is 12.2 Å². The van der Waals surface area contributed by atoms with E-state index in [4.69, 9.17) is 5.73 Å². The Morgan fingerprint density at radius 3 is 2.40 bits per heavy atom. The summed E-state index contributed by atoms with van der Waals surface area (Å²) < 4.78 is 1.97. The van der Waals surface area contributed by atoms with Crippen molar-refractivity contribution in [2.75, 3.05) is 7.05 Å². The predicted octanol–water partition coefficient (Wildman–Crippen LogP) is 1.95. The van der Waals surface area contributed by atoms with Gasteiger partial charge in [0.25, 0.3) is 0 Å². The highest BCUT2D eigenvalue weighted by atomic mass is 15.4. The van der Waals surface area contributed by atoms with Crippen molar-refractivity contribution in [2.45, 2.75) is 39.5 Å². The molecule has 2 N–H and O–H groups in total. The van der Waals surface area contributed by atoms with Crippen LogP contribution in [0.25, 0.3) is 0 Å². The molecule has 0 amide bonds. The Morgan fingerprint density at radius 1 is 1.15 bits per heavy atom. The minimum Gasteiger partial charge on any atom is -0.326 e. The van der Waals surface area contributed by atoms with Gasteiger partial charge in [-0.15, -0.1) is 0 Å². The first-order chi connectivity index (χ1) is 9.60. The van der Waals surface area contributed by atoms with E-state index < -0.39 is 0 Å². The maximum atomic E-state index is 5.61. The molecule has 2 aromatic rings. The molecule has 1 aromatic carbocycles. The van der Waals surface area contributed by atoms with Gasteiger partial charge in [-0.1, -0.05) is 24.3 Å². The summed E-state index contributed by atoms with van der Waals surface area (Å²) in [7, 11) is 2.09. The van der Waals surface area contributed by atoms with Crippen LogP contribution in [0.5, 0.6) is 0 Å². The zero-order valence-electron chi connectivity index (χ0n) is 12.5. The Kier molecular flexibility index (Phi) is 4.87. The average Bonchev–Trinajstić information content (AvgIpc) is 2.87. The highest BCUT2D eigenvalue weighted by Gasteiger charge is 2.10. The third-order valence-corrected chi connectivity index (χ3v) is 3.26. The Balaban J connectivity index is 1.97. The first-order valence-corrected chi connectivity index (χ1v) is 6.95. The third-order valence-electron chi connectivity index (χ3n) is 3.26. The predicted molar refractivity (Wildman–Crippen MR) is 79.9 cm³/mol. The molecule has 5 nitrogen and oxygen atoms in total. The molecular formula is C15H23N5. The lowest BCUT2D eigenvalue weighted by molar-refractivity contribution is 0.298. The summed E-state index contributed by atoms with van der Waals surface area (Å²) in [5, 5.41) is 4.26. The first-order valence-electron chi connectivity index (χ1n) is 6.95. The van der Waals surface area contributed by atoms with E-state index in [1.165, 1.54) is 5.56 Å². The molecule has 1 heterocycles. The molecule has 0 aliphatic carbocycles. The summed E-state index contributed by atoms with van der Waals surface area (Å²) in [5.41, 5.74) is 8.05. The molecule has 20 heavy (non-hydrogen) atoms. The molecule has 0 bridgehead atoms. The Bertz CT molecular complexity index is 529. The van der Waals surface area contributed by atoms with Gasteiger partial charge >= 0.3 is 0 Å². The average molecular weight is 273 g/mol. The quantitative estimate of drug-likeness (QED) is 0.874. The van der Waals surface area contributed by atoms with Crippen molar-refractivity contribution in [3.05, 3.63) is 47.5 Å². The van der Waals surface area contributed by atoms with Gasteiger partial charge in [-0.05, 0) is 32.0 Å². The SMILES string of the molecule is CC(C)n1ncnc1CN(C)Cc1ccc(CN)cc1. The van der Waals surface area contributed by atoms with Crippen LogP contribution in [0.15, 0.2) is 30.6 Å². The Hall–Kier alpha value is -1.72. The summed E-state index contributed by atoms with van der Waals surface area (Å²) in [4.78, 5) is 6.58. The number of rotatable bonds is 6. The molecule has 0 saturated carbocycles. The minimum atomic E-state index is 0.338. The molecule has 0 aliphatic heterocycles. The number of aromatic nitrogens is 3. The molecule has 1 aromatic heterocycles. The van der Waals surface area contributed by atoms with Gasteiger partial charge in [-0.3, -0.25) is 4.90 Å². The van der Waals surface area contributed by atoms with Crippen LogP contribution in [0.4, 0.5) is 0 Å². The fourth-order valence-electron chi connectivity index (χ4n) is 2.21. The van der Waals surface area contributed by atoms with Gasteiger partial charge in [0.05, 0.1) is 6.54 Å². The summed E-state index contributed by atoms with van der Waals surface area (Å²) in [6.45, 7) is 6.49. The molecule has 108 valence electrons. The molecule has 0 radical (unpaired) electrons. The van der Waals surface area contributed by atoms with E-state index in [9.17, 15) is 0 Å². The van der Waals surface area contributed by atoms with Crippen molar-refractivity contribution in [3.8, 4) is 0 Å². The van der Waals surface area contributed by atoms with Crippen LogP contribution >= 0.6 is 0 Å². The fourth-order valence-corrected chi connectivity index (χ4v) is 2.21. The summed E-state index contributed by atoms with van der Waals surface area (Å²) in [6.07, 6.45) is 1.62. The molecular weight excluding hydrogens is 250 g/mol. The third kappa shape index (κ3) is 3.65. The van der Waals surface area contributed by atoms with E-state index in [1.807, 2.05) is 4.68 Å². The lowest BCUT2D eigenvalue weighted by Gasteiger charge is -2.18. The van der Waals surface area contributed by atoms with Crippen molar-refractivity contribution in [1.82, 2.24) is 19.7 Å². The van der Waals surface area contributed by atoms with Gasteiger partial charge in [0.2, 0.25) is 0 Å². The van der Waals surface area contributed by atoms with Crippen molar-refractivity contribution >= 4 is 0 Å². The van der Waals surface area contributed by atoms with Crippen LogP contribution in [0, 0.1) is 0 Å². The molecule has 0 aliphatic rings. The van der Waals surface area contributed by atoms with Gasteiger partial charge in [0, 0.05) is 19.1 Å². The lowest BCUT2D eigenvalue weighted by Crippen LogP contribution is -2.21. The minimum absolute atomic E-state index is 0.338. The number of benzene rings is 1. The fraction of sp³-hybridized carbons (Fsp3) is 0.467. The van der Waals surface area contributed by atoms with Crippen LogP contribution in [0.2, 0.25) is 0 Å². The maximum Gasteiger partial charge on any atom is 0.141 e. The van der Waals surface area contributed by atoms with E-state index in [2.05, 4.69) is 60.1 Å².